The van der Waals surface area contributed by atoms with Crippen molar-refractivity contribution in [1.29, 1.82) is 0 Å². The third-order valence-electron chi connectivity index (χ3n) is 2.50. The summed E-state index contributed by atoms with van der Waals surface area (Å²) in [6, 6.07) is 15.9. The van der Waals surface area contributed by atoms with Crippen LogP contribution >= 0.6 is 11.5 Å². The lowest BCUT2D eigenvalue weighted by atomic mass is 10.3. The van der Waals surface area contributed by atoms with Gasteiger partial charge in [0, 0.05) is 11.6 Å². The topological polar surface area (TPSA) is 38.9 Å². The minimum atomic E-state index is 0.845. The van der Waals surface area contributed by atoms with Crippen LogP contribution in [0.4, 0.5) is 0 Å². The molecule has 4 rings (SSSR count). The fourth-order valence-electron chi connectivity index (χ4n) is 1.61. The van der Waals surface area contributed by atoms with Gasteiger partial charge in [0.2, 0.25) is 0 Å². The van der Waals surface area contributed by atoms with Gasteiger partial charge in [-0.3, -0.25) is 0 Å². The molecule has 4 aromatic rings. The third-order valence-corrected chi connectivity index (χ3v) is 3.28. The molecule has 0 aliphatic carbocycles. The zero-order chi connectivity index (χ0) is 12.2. The molecule has 0 amide bonds. The number of nitrogens with zero attached hydrogens (tertiary/aromatic N) is 2. The SMILES string of the molecule is c1ccc2ocnc2c1.c1ccc2sncc2c1. The number of para-hydroxylation sites is 2. The van der Waals surface area contributed by atoms with Crippen molar-refractivity contribution in [3.8, 4) is 0 Å². The first kappa shape index (κ1) is 10.9. The largest absolute Gasteiger partial charge is 0.443 e. The quantitative estimate of drug-likeness (QED) is 0.473. The van der Waals surface area contributed by atoms with Crippen LogP contribution in [-0.4, -0.2) is 9.36 Å². The average molecular weight is 254 g/mol. The Kier molecular flexibility index (Phi) is 3.02. The Morgan fingerprint density at radius 2 is 1.78 bits per heavy atom. The van der Waals surface area contributed by atoms with E-state index in [4.69, 9.17) is 4.42 Å². The Hall–Kier alpha value is -2.20. The molecule has 0 unspecified atom stereocenters. The van der Waals surface area contributed by atoms with E-state index in [9.17, 15) is 0 Å². The van der Waals surface area contributed by atoms with Gasteiger partial charge < -0.3 is 4.42 Å². The smallest absolute Gasteiger partial charge is 0.181 e. The molecular formula is C14H10N2OS. The summed E-state index contributed by atoms with van der Waals surface area (Å²) >= 11 is 1.54. The fourth-order valence-corrected chi connectivity index (χ4v) is 2.26. The van der Waals surface area contributed by atoms with E-state index in [1.54, 1.807) is 0 Å². The van der Waals surface area contributed by atoms with Crippen LogP contribution in [0.25, 0.3) is 21.2 Å². The van der Waals surface area contributed by atoms with E-state index in [1.165, 1.54) is 28.0 Å². The van der Waals surface area contributed by atoms with Gasteiger partial charge in [-0.2, -0.15) is 4.37 Å². The van der Waals surface area contributed by atoms with Gasteiger partial charge in [-0.1, -0.05) is 30.3 Å². The number of fused-ring (bicyclic) bond motifs is 2. The number of hydrogen-bond donors (Lipinski definition) is 0. The summed E-state index contributed by atoms with van der Waals surface area (Å²) in [5.74, 6) is 0. The van der Waals surface area contributed by atoms with E-state index in [-0.39, 0.29) is 0 Å². The van der Waals surface area contributed by atoms with Crippen molar-refractivity contribution in [3.63, 3.8) is 0 Å². The molecule has 18 heavy (non-hydrogen) atoms. The zero-order valence-corrected chi connectivity index (χ0v) is 10.3. The van der Waals surface area contributed by atoms with Gasteiger partial charge in [0.1, 0.15) is 5.52 Å². The van der Waals surface area contributed by atoms with Crippen molar-refractivity contribution in [2.24, 2.45) is 0 Å². The molecule has 0 fully saturated rings. The number of rotatable bonds is 0. The van der Waals surface area contributed by atoms with E-state index in [1.807, 2.05) is 42.6 Å². The van der Waals surface area contributed by atoms with Crippen LogP contribution in [0, 0.1) is 0 Å². The van der Waals surface area contributed by atoms with Crippen LogP contribution in [0.5, 0.6) is 0 Å². The highest BCUT2D eigenvalue weighted by Crippen LogP contribution is 2.15. The van der Waals surface area contributed by atoms with Crippen LogP contribution in [0.3, 0.4) is 0 Å². The summed E-state index contributed by atoms with van der Waals surface area (Å²) in [5, 5.41) is 1.24. The number of benzene rings is 2. The van der Waals surface area contributed by atoms with Crippen molar-refractivity contribution in [2.45, 2.75) is 0 Å². The fraction of sp³-hybridized carbons (Fsp3) is 0. The summed E-state index contributed by atoms with van der Waals surface area (Å²) in [7, 11) is 0. The molecule has 0 saturated heterocycles. The molecular weight excluding hydrogens is 244 g/mol. The first-order valence-corrected chi connectivity index (χ1v) is 6.28. The standard InChI is InChI=1S/C7H5NO.C7H5NS/c1-2-4-7-6(3-1)8-5-9-7;1-2-4-7-6(3-1)5-8-9-7/h2*1-5H. The summed E-state index contributed by atoms with van der Waals surface area (Å²) in [6.07, 6.45) is 3.34. The van der Waals surface area contributed by atoms with Crippen molar-refractivity contribution in [1.82, 2.24) is 9.36 Å². The van der Waals surface area contributed by atoms with Gasteiger partial charge in [-0.05, 0) is 29.7 Å². The molecule has 4 heteroatoms. The number of hydrogen-bond acceptors (Lipinski definition) is 4. The summed E-state index contributed by atoms with van der Waals surface area (Å²) in [5.41, 5.74) is 1.76. The molecule has 3 nitrogen and oxygen atoms in total. The Morgan fingerprint density at radius 1 is 0.944 bits per heavy atom. The van der Waals surface area contributed by atoms with Gasteiger partial charge in [-0.25, -0.2) is 4.98 Å². The Bertz CT molecular complexity index is 634. The molecule has 0 spiro atoms. The molecule has 2 aromatic carbocycles. The molecule has 0 atom stereocenters. The van der Waals surface area contributed by atoms with Gasteiger partial charge in [0.25, 0.3) is 0 Å². The molecule has 0 radical (unpaired) electrons. The second-order valence-corrected chi connectivity index (χ2v) is 4.52. The van der Waals surface area contributed by atoms with E-state index in [0.29, 0.717) is 0 Å². The Labute approximate surface area is 108 Å². The zero-order valence-electron chi connectivity index (χ0n) is 9.48. The van der Waals surface area contributed by atoms with Gasteiger partial charge in [0.05, 0.1) is 4.70 Å². The minimum Gasteiger partial charge on any atom is -0.443 e. The lowest BCUT2D eigenvalue weighted by Gasteiger charge is -1.80. The molecule has 0 aliphatic rings. The maximum Gasteiger partial charge on any atom is 0.181 e. The molecule has 0 saturated carbocycles. The lowest BCUT2D eigenvalue weighted by molar-refractivity contribution is 0.602. The van der Waals surface area contributed by atoms with Crippen molar-refractivity contribution >= 4 is 32.7 Å². The van der Waals surface area contributed by atoms with Crippen molar-refractivity contribution in [2.75, 3.05) is 0 Å². The first-order valence-electron chi connectivity index (χ1n) is 5.51. The maximum atomic E-state index is 5.01. The van der Waals surface area contributed by atoms with Crippen molar-refractivity contribution in [3.05, 3.63) is 61.1 Å². The first-order chi connectivity index (χ1) is 8.93. The lowest BCUT2D eigenvalue weighted by Crippen LogP contribution is -1.61. The van der Waals surface area contributed by atoms with Gasteiger partial charge >= 0.3 is 0 Å². The second kappa shape index (κ2) is 4.98. The second-order valence-electron chi connectivity index (χ2n) is 3.68. The van der Waals surface area contributed by atoms with Crippen LogP contribution in [0.15, 0.2) is 65.5 Å². The van der Waals surface area contributed by atoms with E-state index in [2.05, 4.69) is 21.5 Å². The van der Waals surface area contributed by atoms with Gasteiger partial charge in [-0.15, -0.1) is 0 Å². The monoisotopic (exact) mass is 254 g/mol. The molecule has 0 N–H and O–H groups in total. The normalized spacial score (nSPS) is 10.2. The minimum absolute atomic E-state index is 0.845. The molecule has 2 heterocycles. The molecule has 2 aromatic heterocycles. The maximum absolute atomic E-state index is 5.01. The molecule has 0 bridgehead atoms. The summed E-state index contributed by atoms with van der Waals surface area (Å²) < 4.78 is 10.3. The highest BCUT2D eigenvalue weighted by molar-refractivity contribution is 7.13. The van der Waals surface area contributed by atoms with Crippen molar-refractivity contribution < 1.29 is 4.42 Å². The summed E-state index contributed by atoms with van der Waals surface area (Å²) in [6.45, 7) is 0. The number of oxazole rings is 1. The molecule has 0 aliphatic heterocycles. The number of aromatic nitrogens is 2. The Balaban J connectivity index is 0.000000111. The Morgan fingerprint density at radius 3 is 2.67 bits per heavy atom. The predicted octanol–water partition coefficient (Wildman–Crippen LogP) is 4.12. The molecule has 88 valence electrons. The van der Waals surface area contributed by atoms with E-state index < -0.39 is 0 Å². The van der Waals surface area contributed by atoms with E-state index in [0.717, 1.165) is 11.1 Å². The predicted molar refractivity (Wildman–Crippen MR) is 73.6 cm³/mol. The van der Waals surface area contributed by atoms with Crippen LogP contribution in [-0.2, 0) is 0 Å². The van der Waals surface area contributed by atoms with Crippen LogP contribution in [0.1, 0.15) is 0 Å². The van der Waals surface area contributed by atoms with Crippen LogP contribution in [0.2, 0.25) is 0 Å². The highest BCUT2D eigenvalue weighted by Gasteiger charge is 1.91. The average Bonchev–Trinajstić information content (AvgIpc) is 3.08. The third kappa shape index (κ3) is 2.24. The summed E-state index contributed by atoms with van der Waals surface area (Å²) in [4.78, 5) is 3.95. The van der Waals surface area contributed by atoms with E-state index >= 15 is 0 Å². The van der Waals surface area contributed by atoms with Crippen LogP contribution < -0.4 is 0 Å². The highest BCUT2D eigenvalue weighted by atomic mass is 32.1. The van der Waals surface area contributed by atoms with Gasteiger partial charge in [0.15, 0.2) is 12.0 Å².